The van der Waals surface area contributed by atoms with Crippen molar-refractivity contribution in [2.75, 3.05) is 0 Å². The first-order chi connectivity index (χ1) is 15.6. The highest BCUT2D eigenvalue weighted by Crippen LogP contribution is 2.47. The van der Waals surface area contributed by atoms with Crippen LogP contribution in [0.2, 0.25) is 0 Å². The van der Waals surface area contributed by atoms with Gasteiger partial charge in [-0.2, -0.15) is 0 Å². The fourth-order valence-corrected chi connectivity index (χ4v) is 4.31. The van der Waals surface area contributed by atoms with Gasteiger partial charge in [-0.25, -0.2) is 13.8 Å². The number of ether oxygens (including phenoxy) is 1. The van der Waals surface area contributed by atoms with Gasteiger partial charge in [0.2, 0.25) is 0 Å². The molecule has 5 aromatic rings. The molecule has 0 radical (unpaired) electrons. The summed E-state index contributed by atoms with van der Waals surface area (Å²) >= 11 is 0. The molecule has 2 heterocycles. The lowest BCUT2D eigenvalue weighted by molar-refractivity contribution is 0.513. The molecule has 1 aromatic heterocycles. The molecule has 1 aliphatic heterocycles. The summed E-state index contributed by atoms with van der Waals surface area (Å²) in [5, 5.41) is 1.84. The molecular formula is C27H17F2NO2. The summed E-state index contributed by atoms with van der Waals surface area (Å²) in [6, 6.07) is 20.3. The predicted molar refractivity (Wildman–Crippen MR) is 120 cm³/mol. The molecule has 6 rings (SSSR count). The van der Waals surface area contributed by atoms with Gasteiger partial charge in [0, 0.05) is 34.4 Å². The molecule has 0 fully saturated rings. The summed E-state index contributed by atoms with van der Waals surface area (Å²) in [6.45, 7) is 1.99. The maximum Gasteiger partial charge on any atom is 0.195 e. The van der Waals surface area contributed by atoms with Crippen molar-refractivity contribution in [2.24, 2.45) is 0 Å². The van der Waals surface area contributed by atoms with Crippen LogP contribution in [0.5, 0.6) is 5.75 Å². The number of aromatic nitrogens is 1. The third kappa shape index (κ3) is 2.82. The normalized spacial score (nSPS) is 13.1. The van der Waals surface area contributed by atoms with Crippen molar-refractivity contribution in [3.63, 3.8) is 0 Å². The second kappa shape index (κ2) is 7.02. The van der Waals surface area contributed by atoms with Gasteiger partial charge in [-0.05, 0) is 47.5 Å². The van der Waals surface area contributed by atoms with Gasteiger partial charge in [-0.15, -0.1) is 0 Å². The molecule has 0 unspecified atom stereocenters. The van der Waals surface area contributed by atoms with Gasteiger partial charge in [0.15, 0.2) is 11.5 Å². The minimum absolute atomic E-state index is 0.315. The maximum atomic E-state index is 13.7. The standard InChI is InChI=1S/C27H17F2NO2/c1-2-23-30-26-20-5-3-4-19-24(15-6-10-17(28)11-7-15)27(16-8-12-18(29)13-9-16)32-21(25(19)20)14-22(26)31-23/h3-14H,2H2,1H3. The monoisotopic (exact) mass is 425 g/mol. The molecule has 0 spiro atoms. The van der Waals surface area contributed by atoms with Gasteiger partial charge in [0.25, 0.3) is 0 Å². The van der Waals surface area contributed by atoms with E-state index < -0.39 is 0 Å². The van der Waals surface area contributed by atoms with Crippen LogP contribution in [0.15, 0.2) is 77.2 Å². The number of nitrogens with zero attached hydrogens (tertiary/aromatic N) is 1. The topological polar surface area (TPSA) is 35.3 Å². The van der Waals surface area contributed by atoms with E-state index in [0.717, 1.165) is 38.6 Å². The van der Waals surface area contributed by atoms with Gasteiger partial charge in [-0.3, -0.25) is 0 Å². The zero-order chi connectivity index (χ0) is 21.8. The number of benzene rings is 4. The lowest BCUT2D eigenvalue weighted by atomic mass is 9.88. The fourth-order valence-electron chi connectivity index (χ4n) is 4.31. The summed E-state index contributed by atoms with van der Waals surface area (Å²) in [4.78, 5) is 4.67. The van der Waals surface area contributed by atoms with Gasteiger partial charge < -0.3 is 9.15 Å². The molecule has 5 heteroatoms. The number of fused-ring (bicyclic) bond motifs is 2. The van der Waals surface area contributed by atoms with Gasteiger partial charge in [-0.1, -0.05) is 37.3 Å². The van der Waals surface area contributed by atoms with E-state index in [1.807, 2.05) is 31.2 Å². The largest absolute Gasteiger partial charge is 0.455 e. The second-order valence-corrected chi connectivity index (χ2v) is 7.73. The van der Waals surface area contributed by atoms with E-state index in [0.29, 0.717) is 29.4 Å². The molecule has 0 N–H and O–H groups in total. The first-order valence-electron chi connectivity index (χ1n) is 10.4. The van der Waals surface area contributed by atoms with Crippen LogP contribution >= 0.6 is 0 Å². The molecule has 0 bridgehead atoms. The summed E-state index contributed by atoms with van der Waals surface area (Å²) in [5.41, 5.74) is 4.73. The highest BCUT2D eigenvalue weighted by atomic mass is 19.1. The van der Waals surface area contributed by atoms with Crippen LogP contribution in [0, 0.1) is 11.6 Å². The van der Waals surface area contributed by atoms with Gasteiger partial charge >= 0.3 is 0 Å². The Morgan fingerprint density at radius 3 is 2.22 bits per heavy atom. The lowest BCUT2D eigenvalue weighted by Gasteiger charge is -2.25. The van der Waals surface area contributed by atoms with Crippen molar-refractivity contribution in [1.82, 2.24) is 4.98 Å². The van der Waals surface area contributed by atoms with Crippen molar-refractivity contribution >= 4 is 33.2 Å². The molecule has 4 aromatic carbocycles. The van der Waals surface area contributed by atoms with Crippen LogP contribution < -0.4 is 4.74 Å². The minimum atomic E-state index is -0.327. The quantitative estimate of drug-likeness (QED) is 0.308. The van der Waals surface area contributed by atoms with Crippen LogP contribution in [-0.4, -0.2) is 4.98 Å². The van der Waals surface area contributed by atoms with Crippen LogP contribution in [0.3, 0.4) is 0 Å². The average molecular weight is 425 g/mol. The summed E-state index contributed by atoms with van der Waals surface area (Å²) in [6.07, 6.45) is 0.686. The number of hydrogen-bond acceptors (Lipinski definition) is 3. The molecule has 1 aliphatic rings. The zero-order valence-corrected chi connectivity index (χ0v) is 17.2. The third-order valence-electron chi connectivity index (χ3n) is 5.78. The van der Waals surface area contributed by atoms with E-state index in [1.165, 1.54) is 24.3 Å². The molecule has 0 aliphatic carbocycles. The van der Waals surface area contributed by atoms with E-state index >= 15 is 0 Å². The Kier molecular flexibility index (Phi) is 4.12. The van der Waals surface area contributed by atoms with Crippen LogP contribution in [0.4, 0.5) is 8.78 Å². The van der Waals surface area contributed by atoms with Crippen molar-refractivity contribution < 1.29 is 17.9 Å². The molecule has 156 valence electrons. The molecule has 0 amide bonds. The second-order valence-electron chi connectivity index (χ2n) is 7.73. The zero-order valence-electron chi connectivity index (χ0n) is 17.2. The molecular weight excluding hydrogens is 408 g/mol. The summed E-state index contributed by atoms with van der Waals surface area (Å²) < 4.78 is 39.7. The summed E-state index contributed by atoms with van der Waals surface area (Å²) in [5.74, 6) is 1.24. The van der Waals surface area contributed by atoms with Gasteiger partial charge in [0.1, 0.15) is 28.7 Å². The highest BCUT2D eigenvalue weighted by Gasteiger charge is 2.27. The lowest BCUT2D eigenvalue weighted by Crippen LogP contribution is -2.07. The molecule has 0 saturated carbocycles. The Hall–Kier alpha value is -3.99. The van der Waals surface area contributed by atoms with Crippen molar-refractivity contribution in [3.05, 3.63) is 107 Å². The number of rotatable bonds is 3. The highest BCUT2D eigenvalue weighted by molar-refractivity contribution is 6.16. The number of oxazole rings is 1. The van der Waals surface area contributed by atoms with E-state index in [-0.39, 0.29) is 11.6 Å². The maximum absolute atomic E-state index is 13.7. The number of aryl methyl sites for hydroxylation is 1. The van der Waals surface area contributed by atoms with Crippen LogP contribution in [0.1, 0.15) is 29.5 Å². The van der Waals surface area contributed by atoms with Crippen molar-refractivity contribution in [2.45, 2.75) is 13.3 Å². The van der Waals surface area contributed by atoms with E-state index in [9.17, 15) is 8.78 Å². The first kappa shape index (κ1) is 18.8. The molecule has 0 saturated heterocycles. The third-order valence-corrected chi connectivity index (χ3v) is 5.78. The van der Waals surface area contributed by atoms with Crippen molar-refractivity contribution in [1.29, 1.82) is 0 Å². The minimum Gasteiger partial charge on any atom is -0.455 e. The number of halogens is 2. The van der Waals surface area contributed by atoms with Gasteiger partial charge in [0.05, 0.1) is 0 Å². The Morgan fingerprint density at radius 2 is 1.53 bits per heavy atom. The molecule has 3 nitrogen and oxygen atoms in total. The van der Waals surface area contributed by atoms with E-state index in [4.69, 9.17) is 9.15 Å². The average Bonchev–Trinajstić information content (AvgIpc) is 3.24. The summed E-state index contributed by atoms with van der Waals surface area (Å²) in [7, 11) is 0. The Morgan fingerprint density at radius 1 is 0.844 bits per heavy atom. The van der Waals surface area contributed by atoms with Crippen LogP contribution in [-0.2, 0) is 6.42 Å². The molecule has 32 heavy (non-hydrogen) atoms. The van der Waals surface area contributed by atoms with Crippen molar-refractivity contribution in [3.8, 4) is 5.75 Å². The SMILES string of the molecule is CCc1nc2c(cc3c4c(cccc42)C(c2ccc(F)cc2)=C(c2ccc(F)cc2)O3)o1. The van der Waals surface area contributed by atoms with E-state index in [1.54, 1.807) is 24.3 Å². The predicted octanol–water partition coefficient (Wildman–Crippen LogP) is 7.13. The van der Waals surface area contributed by atoms with Crippen LogP contribution in [0.25, 0.3) is 33.2 Å². The fraction of sp³-hybridized carbons (Fsp3) is 0.0741. The Balaban J connectivity index is 1.70. The Labute approximate surface area is 182 Å². The Bertz CT molecular complexity index is 1530. The smallest absolute Gasteiger partial charge is 0.195 e. The number of hydrogen-bond donors (Lipinski definition) is 0. The molecule has 0 atom stereocenters. The first-order valence-corrected chi connectivity index (χ1v) is 10.4. The van der Waals surface area contributed by atoms with E-state index in [2.05, 4.69) is 4.98 Å².